The van der Waals surface area contributed by atoms with Gasteiger partial charge in [-0.25, -0.2) is 4.98 Å². The van der Waals surface area contributed by atoms with Gasteiger partial charge in [0, 0.05) is 25.2 Å². The maximum atomic E-state index is 5.70. The molecule has 1 atom stereocenters. The molecule has 1 aromatic heterocycles. The predicted octanol–water partition coefficient (Wildman–Crippen LogP) is 1.20. The molecular weight excluding hydrogens is 190 g/mol. The van der Waals surface area contributed by atoms with Crippen LogP contribution in [0.15, 0.2) is 12.5 Å². The molecule has 2 N–H and O–H groups in total. The molecule has 1 aromatic rings. The van der Waals surface area contributed by atoms with E-state index in [0.717, 1.165) is 25.3 Å². The van der Waals surface area contributed by atoms with Crippen LogP contribution in [0.25, 0.3) is 0 Å². The average Bonchev–Trinajstić information content (AvgIpc) is 2.50. The van der Waals surface area contributed by atoms with Crippen molar-refractivity contribution in [2.75, 3.05) is 6.61 Å². The second-order valence-electron chi connectivity index (χ2n) is 4.20. The van der Waals surface area contributed by atoms with Crippen LogP contribution in [0, 0.1) is 0 Å². The van der Waals surface area contributed by atoms with Gasteiger partial charge in [0.2, 0.25) is 0 Å². The Morgan fingerprint density at radius 2 is 2.20 bits per heavy atom. The molecule has 0 fully saturated rings. The summed E-state index contributed by atoms with van der Waals surface area (Å²) in [6.45, 7) is 7.64. The molecule has 1 heterocycles. The Morgan fingerprint density at radius 1 is 1.47 bits per heavy atom. The molecule has 1 unspecified atom stereocenters. The summed E-state index contributed by atoms with van der Waals surface area (Å²) in [5, 5.41) is 0. The van der Waals surface area contributed by atoms with E-state index < -0.39 is 0 Å². The molecule has 86 valence electrons. The maximum absolute atomic E-state index is 5.70. The lowest BCUT2D eigenvalue weighted by molar-refractivity contribution is 0.0727. The molecule has 0 aromatic carbocycles. The molecule has 0 spiro atoms. The highest BCUT2D eigenvalue weighted by atomic mass is 16.5. The van der Waals surface area contributed by atoms with Crippen LogP contribution in [-0.4, -0.2) is 28.3 Å². The molecule has 0 amide bonds. The Kier molecular flexibility index (Phi) is 4.78. The topological polar surface area (TPSA) is 53.1 Å². The van der Waals surface area contributed by atoms with Gasteiger partial charge in [-0.05, 0) is 20.8 Å². The number of hydrogen-bond acceptors (Lipinski definition) is 3. The van der Waals surface area contributed by atoms with Crippen LogP contribution in [0.2, 0.25) is 0 Å². The Bertz CT molecular complexity index is 281. The van der Waals surface area contributed by atoms with Gasteiger partial charge in [-0.1, -0.05) is 0 Å². The zero-order valence-corrected chi connectivity index (χ0v) is 9.81. The first-order chi connectivity index (χ1) is 7.08. The lowest BCUT2D eigenvalue weighted by Crippen LogP contribution is -2.17. The van der Waals surface area contributed by atoms with Crippen LogP contribution in [0.1, 0.15) is 26.5 Å². The van der Waals surface area contributed by atoms with E-state index in [-0.39, 0.29) is 12.1 Å². The summed E-state index contributed by atoms with van der Waals surface area (Å²) < 4.78 is 7.50. The number of ether oxygens (including phenoxy) is 1. The van der Waals surface area contributed by atoms with E-state index in [1.165, 1.54) is 0 Å². The quantitative estimate of drug-likeness (QED) is 0.769. The van der Waals surface area contributed by atoms with Gasteiger partial charge in [0.1, 0.15) is 0 Å². The van der Waals surface area contributed by atoms with Gasteiger partial charge in [0.05, 0.1) is 24.7 Å². The van der Waals surface area contributed by atoms with Gasteiger partial charge in [-0.2, -0.15) is 0 Å². The van der Waals surface area contributed by atoms with Gasteiger partial charge in [-0.15, -0.1) is 0 Å². The van der Waals surface area contributed by atoms with Crippen LogP contribution >= 0.6 is 0 Å². The van der Waals surface area contributed by atoms with E-state index in [0.29, 0.717) is 0 Å². The monoisotopic (exact) mass is 211 g/mol. The fraction of sp³-hybridized carbons (Fsp3) is 0.727. The molecular formula is C11H21N3O. The second-order valence-corrected chi connectivity index (χ2v) is 4.20. The molecule has 4 nitrogen and oxygen atoms in total. The number of imidazole rings is 1. The number of nitrogens with two attached hydrogens (primary N) is 1. The lowest BCUT2D eigenvalue weighted by Gasteiger charge is -2.07. The summed E-state index contributed by atoms with van der Waals surface area (Å²) in [5.74, 6) is 0. The summed E-state index contributed by atoms with van der Waals surface area (Å²) >= 11 is 0. The molecule has 0 radical (unpaired) electrons. The van der Waals surface area contributed by atoms with Crippen molar-refractivity contribution in [1.29, 1.82) is 0 Å². The van der Waals surface area contributed by atoms with Crippen LogP contribution in [0.4, 0.5) is 0 Å². The van der Waals surface area contributed by atoms with Crippen LogP contribution in [-0.2, 0) is 17.7 Å². The molecule has 4 heteroatoms. The van der Waals surface area contributed by atoms with E-state index >= 15 is 0 Å². The standard InChI is InChI=1S/C11H21N3O/c1-9(2)15-5-4-14-7-11(13-8-14)6-10(3)12/h7-10H,4-6,12H2,1-3H3. The number of nitrogens with zero attached hydrogens (tertiary/aromatic N) is 2. The van der Waals surface area contributed by atoms with Gasteiger partial charge in [0.15, 0.2) is 0 Å². The minimum atomic E-state index is 0.167. The summed E-state index contributed by atoms with van der Waals surface area (Å²) in [4.78, 5) is 4.28. The highest BCUT2D eigenvalue weighted by Crippen LogP contribution is 2.00. The van der Waals surface area contributed by atoms with Crippen molar-refractivity contribution in [2.45, 2.75) is 45.9 Å². The smallest absolute Gasteiger partial charge is 0.0950 e. The summed E-state index contributed by atoms with van der Waals surface area (Å²) in [6.07, 6.45) is 4.99. The van der Waals surface area contributed by atoms with Gasteiger partial charge >= 0.3 is 0 Å². The number of aromatic nitrogens is 2. The molecule has 0 aliphatic carbocycles. The lowest BCUT2D eigenvalue weighted by atomic mass is 10.2. The van der Waals surface area contributed by atoms with E-state index in [1.807, 2.05) is 37.9 Å². The number of rotatable bonds is 6. The third kappa shape index (κ3) is 4.95. The van der Waals surface area contributed by atoms with E-state index in [2.05, 4.69) is 4.98 Å². The first-order valence-electron chi connectivity index (χ1n) is 5.45. The van der Waals surface area contributed by atoms with E-state index in [9.17, 15) is 0 Å². The number of hydrogen-bond donors (Lipinski definition) is 1. The van der Waals surface area contributed by atoms with E-state index in [1.54, 1.807) is 0 Å². The normalized spacial score (nSPS) is 13.4. The van der Waals surface area contributed by atoms with Crippen LogP contribution in [0.5, 0.6) is 0 Å². The molecule has 0 aliphatic heterocycles. The molecule has 15 heavy (non-hydrogen) atoms. The fourth-order valence-corrected chi connectivity index (χ4v) is 1.36. The Morgan fingerprint density at radius 3 is 2.80 bits per heavy atom. The Hall–Kier alpha value is -0.870. The zero-order chi connectivity index (χ0) is 11.3. The minimum Gasteiger partial charge on any atom is -0.377 e. The largest absolute Gasteiger partial charge is 0.377 e. The first kappa shape index (κ1) is 12.2. The SMILES string of the molecule is CC(N)Cc1cn(CCOC(C)C)cn1. The third-order valence-electron chi connectivity index (χ3n) is 2.02. The average molecular weight is 211 g/mol. The molecule has 1 rings (SSSR count). The van der Waals surface area contributed by atoms with Gasteiger partial charge in [0.25, 0.3) is 0 Å². The summed E-state index contributed by atoms with van der Waals surface area (Å²) in [7, 11) is 0. The highest BCUT2D eigenvalue weighted by Gasteiger charge is 2.02. The third-order valence-corrected chi connectivity index (χ3v) is 2.02. The minimum absolute atomic E-state index is 0.167. The van der Waals surface area contributed by atoms with E-state index in [4.69, 9.17) is 10.5 Å². The van der Waals surface area contributed by atoms with Crippen molar-refractivity contribution >= 4 is 0 Å². The molecule has 0 bridgehead atoms. The maximum Gasteiger partial charge on any atom is 0.0950 e. The van der Waals surface area contributed by atoms with Crippen molar-refractivity contribution in [3.05, 3.63) is 18.2 Å². The molecule has 0 saturated carbocycles. The second kappa shape index (κ2) is 5.88. The van der Waals surface area contributed by atoms with Crippen molar-refractivity contribution in [3.63, 3.8) is 0 Å². The van der Waals surface area contributed by atoms with Gasteiger partial charge in [-0.3, -0.25) is 0 Å². The first-order valence-corrected chi connectivity index (χ1v) is 5.45. The van der Waals surface area contributed by atoms with Crippen molar-refractivity contribution < 1.29 is 4.74 Å². The van der Waals surface area contributed by atoms with Crippen LogP contribution < -0.4 is 5.73 Å². The molecule has 0 aliphatic rings. The summed E-state index contributed by atoms with van der Waals surface area (Å²) in [5.41, 5.74) is 6.75. The van der Waals surface area contributed by atoms with Crippen molar-refractivity contribution in [3.8, 4) is 0 Å². The van der Waals surface area contributed by atoms with Gasteiger partial charge < -0.3 is 15.0 Å². The van der Waals surface area contributed by atoms with Crippen molar-refractivity contribution in [1.82, 2.24) is 9.55 Å². The van der Waals surface area contributed by atoms with Crippen molar-refractivity contribution in [2.24, 2.45) is 5.73 Å². The Balaban J connectivity index is 2.33. The zero-order valence-electron chi connectivity index (χ0n) is 9.81. The predicted molar refractivity (Wildman–Crippen MR) is 60.7 cm³/mol. The highest BCUT2D eigenvalue weighted by molar-refractivity contribution is 4.98. The fourth-order valence-electron chi connectivity index (χ4n) is 1.36. The summed E-state index contributed by atoms with van der Waals surface area (Å²) in [6, 6.07) is 0.167. The van der Waals surface area contributed by atoms with Crippen LogP contribution in [0.3, 0.4) is 0 Å². The molecule has 0 saturated heterocycles. The Labute approximate surface area is 91.4 Å².